The topological polar surface area (TPSA) is 76.2 Å². The molecule has 0 aliphatic rings. The second-order valence-corrected chi connectivity index (χ2v) is 2.95. The van der Waals surface area contributed by atoms with Gasteiger partial charge in [0.25, 0.3) is 0 Å². The standard InChI is InChI=1S/C6H8N2O2S.2ClH/c7-2-5-8-4(3-11-5)1-6(9)10;;/h3H,1-2,7H2,(H,9,10);2*1H. The summed E-state index contributed by atoms with van der Waals surface area (Å²) >= 11 is 1.39. The van der Waals surface area contributed by atoms with Gasteiger partial charge in [-0.3, -0.25) is 4.79 Å². The van der Waals surface area contributed by atoms with Crippen LogP contribution in [-0.4, -0.2) is 16.1 Å². The maximum absolute atomic E-state index is 10.2. The van der Waals surface area contributed by atoms with Gasteiger partial charge in [0.2, 0.25) is 0 Å². The molecule has 0 saturated heterocycles. The van der Waals surface area contributed by atoms with E-state index in [0.717, 1.165) is 5.01 Å². The number of thiazole rings is 1. The largest absolute Gasteiger partial charge is 0.481 e. The normalized spacial score (nSPS) is 8.38. The molecule has 13 heavy (non-hydrogen) atoms. The van der Waals surface area contributed by atoms with Crippen molar-refractivity contribution in [3.05, 3.63) is 16.1 Å². The predicted molar refractivity (Wildman–Crippen MR) is 55.8 cm³/mol. The number of carbonyl (C=O) groups is 1. The predicted octanol–water partition coefficient (Wildman–Crippen LogP) is 1.07. The molecule has 0 aliphatic carbocycles. The van der Waals surface area contributed by atoms with Crippen molar-refractivity contribution in [1.29, 1.82) is 0 Å². The highest BCUT2D eigenvalue weighted by Gasteiger charge is 2.03. The van der Waals surface area contributed by atoms with E-state index >= 15 is 0 Å². The molecule has 76 valence electrons. The zero-order valence-corrected chi connectivity index (χ0v) is 9.05. The first-order valence-electron chi connectivity index (χ1n) is 3.07. The zero-order chi connectivity index (χ0) is 8.27. The number of carboxylic acid groups (broad SMARTS) is 1. The van der Waals surface area contributed by atoms with Gasteiger partial charge in [0.15, 0.2) is 0 Å². The van der Waals surface area contributed by atoms with Crippen molar-refractivity contribution < 1.29 is 9.90 Å². The SMILES string of the molecule is Cl.Cl.NCc1nc(CC(=O)O)cs1. The number of carboxylic acids is 1. The van der Waals surface area contributed by atoms with Crippen LogP contribution in [0.15, 0.2) is 5.38 Å². The van der Waals surface area contributed by atoms with Gasteiger partial charge in [0.05, 0.1) is 12.1 Å². The quantitative estimate of drug-likeness (QED) is 0.835. The third-order valence-corrected chi connectivity index (χ3v) is 2.03. The van der Waals surface area contributed by atoms with Crippen LogP contribution >= 0.6 is 36.2 Å². The maximum Gasteiger partial charge on any atom is 0.309 e. The van der Waals surface area contributed by atoms with Crippen LogP contribution in [0.5, 0.6) is 0 Å². The third kappa shape index (κ3) is 5.05. The second-order valence-electron chi connectivity index (χ2n) is 2.01. The molecule has 3 N–H and O–H groups in total. The number of aromatic nitrogens is 1. The summed E-state index contributed by atoms with van der Waals surface area (Å²) in [7, 11) is 0. The van der Waals surface area contributed by atoms with Gasteiger partial charge in [-0.2, -0.15) is 0 Å². The number of nitrogens with two attached hydrogens (primary N) is 1. The molecular weight excluding hydrogens is 235 g/mol. The molecule has 0 atom stereocenters. The summed E-state index contributed by atoms with van der Waals surface area (Å²) in [5.41, 5.74) is 5.88. The summed E-state index contributed by atoms with van der Waals surface area (Å²) in [6.07, 6.45) is -0.0174. The Kier molecular flexibility index (Phi) is 8.24. The lowest BCUT2D eigenvalue weighted by atomic mass is 10.3. The highest BCUT2D eigenvalue weighted by Crippen LogP contribution is 2.08. The van der Waals surface area contributed by atoms with Gasteiger partial charge in [-0.05, 0) is 0 Å². The minimum Gasteiger partial charge on any atom is -0.481 e. The van der Waals surface area contributed by atoms with E-state index in [9.17, 15) is 4.79 Å². The van der Waals surface area contributed by atoms with Gasteiger partial charge in [-0.1, -0.05) is 0 Å². The lowest BCUT2D eigenvalue weighted by Crippen LogP contribution is -2.01. The molecule has 1 aromatic heterocycles. The molecule has 4 nitrogen and oxygen atoms in total. The first-order chi connectivity index (χ1) is 5.22. The average Bonchev–Trinajstić information content (AvgIpc) is 2.34. The molecule has 0 fully saturated rings. The third-order valence-electron chi connectivity index (χ3n) is 1.11. The summed E-state index contributed by atoms with van der Waals surface area (Å²) in [5.74, 6) is -0.862. The molecule has 0 bridgehead atoms. The lowest BCUT2D eigenvalue weighted by Gasteiger charge is -1.86. The Labute approximate surface area is 92.0 Å². The summed E-state index contributed by atoms with van der Waals surface area (Å²) < 4.78 is 0. The van der Waals surface area contributed by atoms with Crippen LogP contribution in [0.25, 0.3) is 0 Å². The van der Waals surface area contributed by atoms with Gasteiger partial charge in [-0.25, -0.2) is 4.98 Å². The van der Waals surface area contributed by atoms with Crippen molar-refractivity contribution in [3.8, 4) is 0 Å². The van der Waals surface area contributed by atoms with Crippen molar-refractivity contribution in [2.75, 3.05) is 0 Å². The van der Waals surface area contributed by atoms with Crippen LogP contribution in [0, 0.1) is 0 Å². The molecule has 1 rings (SSSR count). The Bertz CT molecular complexity index is 267. The average molecular weight is 245 g/mol. The fourth-order valence-electron chi connectivity index (χ4n) is 0.679. The Morgan fingerprint density at radius 1 is 1.62 bits per heavy atom. The zero-order valence-electron chi connectivity index (χ0n) is 6.60. The van der Waals surface area contributed by atoms with Gasteiger partial charge < -0.3 is 10.8 Å². The summed E-state index contributed by atoms with van der Waals surface area (Å²) in [6, 6.07) is 0. The maximum atomic E-state index is 10.2. The van der Waals surface area contributed by atoms with Crippen LogP contribution in [0.2, 0.25) is 0 Å². The first kappa shape index (κ1) is 15.1. The summed E-state index contributed by atoms with van der Waals surface area (Å²) in [4.78, 5) is 14.2. The van der Waals surface area contributed by atoms with Crippen molar-refractivity contribution in [3.63, 3.8) is 0 Å². The Morgan fingerprint density at radius 2 is 2.23 bits per heavy atom. The molecule has 0 aliphatic heterocycles. The number of rotatable bonds is 3. The van der Waals surface area contributed by atoms with Crippen molar-refractivity contribution in [2.45, 2.75) is 13.0 Å². The van der Waals surface area contributed by atoms with Gasteiger partial charge >= 0.3 is 5.97 Å². The smallest absolute Gasteiger partial charge is 0.309 e. The number of aliphatic carboxylic acids is 1. The molecule has 0 amide bonds. The highest BCUT2D eigenvalue weighted by molar-refractivity contribution is 7.09. The van der Waals surface area contributed by atoms with Gasteiger partial charge in [0.1, 0.15) is 5.01 Å². The van der Waals surface area contributed by atoms with E-state index in [4.69, 9.17) is 10.8 Å². The van der Waals surface area contributed by atoms with Crippen LogP contribution in [0.4, 0.5) is 0 Å². The Balaban J connectivity index is 0. The monoisotopic (exact) mass is 244 g/mol. The molecule has 0 radical (unpaired) electrons. The Morgan fingerprint density at radius 3 is 2.62 bits per heavy atom. The molecule has 1 heterocycles. The molecule has 0 unspecified atom stereocenters. The van der Waals surface area contributed by atoms with Crippen molar-refractivity contribution in [2.24, 2.45) is 5.73 Å². The molecule has 0 spiro atoms. The molecule has 1 aromatic rings. The first-order valence-corrected chi connectivity index (χ1v) is 3.95. The van der Waals surface area contributed by atoms with E-state index in [1.54, 1.807) is 5.38 Å². The number of hydrogen-bond donors (Lipinski definition) is 2. The van der Waals surface area contributed by atoms with Crippen molar-refractivity contribution >= 4 is 42.1 Å². The van der Waals surface area contributed by atoms with Crippen LogP contribution in [-0.2, 0) is 17.8 Å². The number of nitrogens with zero attached hydrogens (tertiary/aromatic N) is 1. The number of hydrogen-bond acceptors (Lipinski definition) is 4. The fraction of sp³-hybridized carbons (Fsp3) is 0.333. The van der Waals surface area contributed by atoms with Crippen LogP contribution in [0.1, 0.15) is 10.7 Å². The fourth-order valence-corrected chi connectivity index (χ4v) is 1.35. The van der Waals surface area contributed by atoms with Gasteiger partial charge in [0, 0.05) is 11.9 Å². The molecule has 7 heteroatoms. The van der Waals surface area contributed by atoms with E-state index in [2.05, 4.69) is 4.98 Å². The van der Waals surface area contributed by atoms with E-state index in [1.807, 2.05) is 0 Å². The minimum atomic E-state index is -0.862. The van der Waals surface area contributed by atoms with Crippen LogP contribution in [0.3, 0.4) is 0 Å². The molecule has 0 aromatic carbocycles. The summed E-state index contributed by atoms with van der Waals surface area (Å²) in [6.45, 7) is 0.379. The van der Waals surface area contributed by atoms with E-state index in [-0.39, 0.29) is 31.2 Å². The van der Waals surface area contributed by atoms with E-state index in [1.165, 1.54) is 11.3 Å². The van der Waals surface area contributed by atoms with Crippen molar-refractivity contribution in [1.82, 2.24) is 4.98 Å². The second kappa shape index (κ2) is 7.08. The van der Waals surface area contributed by atoms with E-state index < -0.39 is 5.97 Å². The lowest BCUT2D eigenvalue weighted by molar-refractivity contribution is -0.136. The number of halogens is 2. The highest BCUT2D eigenvalue weighted by atomic mass is 35.5. The Hall–Kier alpha value is -0.360. The van der Waals surface area contributed by atoms with Gasteiger partial charge in [-0.15, -0.1) is 36.2 Å². The molecular formula is C6H10Cl2N2O2S. The summed E-state index contributed by atoms with van der Waals surface area (Å²) in [5, 5.41) is 10.9. The van der Waals surface area contributed by atoms with E-state index in [0.29, 0.717) is 12.2 Å². The minimum absolute atomic E-state index is 0. The van der Waals surface area contributed by atoms with Crippen LogP contribution < -0.4 is 5.73 Å². The molecule has 0 saturated carbocycles.